The minimum absolute atomic E-state index is 0.574. The first-order chi connectivity index (χ1) is 27.2. The Balaban J connectivity index is 1.18. The van der Waals surface area contributed by atoms with Crippen molar-refractivity contribution in [2.45, 2.75) is 0 Å². The maximum atomic E-state index is 10.2. The Kier molecular flexibility index (Phi) is 6.61. The third-order valence-corrected chi connectivity index (χ3v) is 11.1. The van der Waals surface area contributed by atoms with Crippen LogP contribution < -0.4 is 0 Å². The molecule has 0 radical (unpaired) electrons. The van der Waals surface area contributed by atoms with Crippen molar-refractivity contribution in [2.75, 3.05) is 0 Å². The molecule has 254 valence electrons. The molecule has 0 fully saturated rings. The highest BCUT2D eigenvalue weighted by Gasteiger charge is 2.21. The van der Waals surface area contributed by atoms with Gasteiger partial charge in [-0.2, -0.15) is 10.5 Å². The lowest BCUT2D eigenvalue weighted by Gasteiger charge is -2.19. The Morgan fingerprint density at radius 3 is 1.35 bits per heavy atom. The molecule has 0 aliphatic heterocycles. The second-order valence-corrected chi connectivity index (χ2v) is 14.0. The minimum Gasteiger partial charge on any atom is -0.309 e. The fraction of sp³-hybridized carbons (Fsp3) is 0. The maximum Gasteiger partial charge on any atom is 0.0992 e. The summed E-state index contributed by atoms with van der Waals surface area (Å²) < 4.78 is 6.99. The Hall–Kier alpha value is -7.86. The highest BCUT2D eigenvalue weighted by atomic mass is 15.0. The van der Waals surface area contributed by atoms with Crippen molar-refractivity contribution in [3.63, 3.8) is 0 Å². The predicted molar refractivity (Wildman–Crippen MR) is 224 cm³/mol. The number of nitriles is 2. The quantitative estimate of drug-likeness (QED) is 0.184. The minimum atomic E-state index is 0.574. The van der Waals surface area contributed by atoms with Crippen molar-refractivity contribution in [2.24, 2.45) is 0 Å². The predicted octanol–water partition coefficient (Wildman–Crippen LogP) is 12.4. The Morgan fingerprint density at radius 1 is 0.309 bits per heavy atom. The number of benzene rings is 8. The summed E-state index contributed by atoms with van der Waals surface area (Å²) in [6.45, 7) is 0. The molecule has 3 heterocycles. The number of para-hydroxylation sites is 5. The highest BCUT2D eigenvalue weighted by Crippen LogP contribution is 2.42. The number of hydrogen-bond donors (Lipinski definition) is 0. The summed E-state index contributed by atoms with van der Waals surface area (Å²) in [7, 11) is 0. The summed E-state index contributed by atoms with van der Waals surface area (Å²) in [5.74, 6) is 0. The lowest BCUT2D eigenvalue weighted by molar-refractivity contribution is 1.15. The monoisotopic (exact) mass is 699 g/mol. The Labute approximate surface area is 316 Å². The van der Waals surface area contributed by atoms with E-state index in [4.69, 9.17) is 0 Å². The van der Waals surface area contributed by atoms with Crippen LogP contribution in [0.25, 0.3) is 93.6 Å². The van der Waals surface area contributed by atoms with E-state index in [1.165, 1.54) is 32.6 Å². The van der Waals surface area contributed by atoms with E-state index in [-0.39, 0.29) is 0 Å². The van der Waals surface area contributed by atoms with Crippen molar-refractivity contribution in [1.82, 2.24) is 13.7 Å². The van der Waals surface area contributed by atoms with Crippen LogP contribution in [0.1, 0.15) is 11.1 Å². The first kappa shape index (κ1) is 30.7. The van der Waals surface area contributed by atoms with Gasteiger partial charge in [0.15, 0.2) is 0 Å². The molecule has 0 unspecified atom stereocenters. The van der Waals surface area contributed by atoms with E-state index in [1.54, 1.807) is 0 Å². The van der Waals surface area contributed by atoms with Crippen LogP contribution in [0, 0.1) is 22.7 Å². The number of fused-ring (bicyclic) bond motifs is 9. The smallest absolute Gasteiger partial charge is 0.0992 e. The molecule has 0 aliphatic carbocycles. The second kappa shape index (κ2) is 11.8. The van der Waals surface area contributed by atoms with E-state index >= 15 is 0 Å². The zero-order chi connectivity index (χ0) is 36.6. The van der Waals surface area contributed by atoms with Gasteiger partial charge in [-0.15, -0.1) is 0 Å². The number of hydrogen-bond acceptors (Lipinski definition) is 2. The summed E-state index contributed by atoms with van der Waals surface area (Å²) >= 11 is 0. The molecule has 5 nitrogen and oxygen atoms in total. The molecule has 0 bridgehead atoms. The normalized spacial score (nSPS) is 11.6. The van der Waals surface area contributed by atoms with E-state index in [0.717, 1.165) is 61.0 Å². The molecular weight excluding hydrogens is 671 g/mol. The molecule has 0 atom stereocenters. The fourth-order valence-corrected chi connectivity index (χ4v) is 8.77. The molecule has 8 aromatic carbocycles. The van der Waals surface area contributed by atoms with Gasteiger partial charge in [-0.3, -0.25) is 0 Å². The van der Waals surface area contributed by atoms with Crippen LogP contribution in [0.4, 0.5) is 0 Å². The summed E-state index contributed by atoms with van der Waals surface area (Å²) in [6, 6.07) is 66.0. The van der Waals surface area contributed by atoms with Crippen molar-refractivity contribution < 1.29 is 0 Å². The lowest BCUT2D eigenvalue weighted by atomic mass is 9.99. The molecule has 11 aromatic rings. The molecule has 11 rings (SSSR count). The third kappa shape index (κ3) is 4.45. The summed E-state index contributed by atoms with van der Waals surface area (Å²) in [6.07, 6.45) is 0. The molecule has 5 heteroatoms. The van der Waals surface area contributed by atoms with Gasteiger partial charge in [0.05, 0.1) is 67.7 Å². The van der Waals surface area contributed by atoms with Crippen LogP contribution in [0.3, 0.4) is 0 Å². The van der Waals surface area contributed by atoms with Crippen molar-refractivity contribution in [1.29, 1.82) is 10.5 Å². The second-order valence-electron chi connectivity index (χ2n) is 14.0. The number of aromatic nitrogens is 3. The van der Waals surface area contributed by atoms with Crippen molar-refractivity contribution >= 4 is 65.4 Å². The van der Waals surface area contributed by atoms with E-state index in [9.17, 15) is 10.5 Å². The van der Waals surface area contributed by atoms with E-state index in [1.807, 2.05) is 42.5 Å². The maximum absolute atomic E-state index is 10.2. The summed E-state index contributed by atoms with van der Waals surface area (Å²) in [4.78, 5) is 0. The van der Waals surface area contributed by atoms with Gasteiger partial charge in [0.2, 0.25) is 0 Å². The van der Waals surface area contributed by atoms with Crippen LogP contribution in [0.2, 0.25) is 0 Å². The average Bonchev–Trinajstić information content (AvgIpc) is 3.88. The molecular formula is C50H29N5. The summed E-state index contributed by atoms with van der Waals surface area (Å²) in [5.41, 5.74) is 12.8. The molecule has 0 amide bonds. The molecule has 0 N–H and O–H groups in total. The topological polar surface area (TPSA) is 62.4 Å². The van der Waals surface area contributed by atoms with Gasteiger partial charge in [-0.1, -0.05) is 97.1 Å². The molecule has 0 spiro atoms. The zero-order valence-corrected chi connectivity index (χ0v) is 29.5. The van der Waals surface area contributed by atoms with Gasteiger partial charge in [0, 0.05) is 49.1 Å². The van der Waals surface area contributed by atoms with E-state index < -0.39 is 0 Å². The van der Waals surface area contributed by atoms with Crippen LogP contribution in [0.15, 0.2) is 176 Å². The lowest BCUT2D eigenvalue weighted by Crippen LogP contribution is -2.02. The molecule has 0 saturated carbocycles. The SMILES string of the molecule is N#Cc1ccc(-c2ccccc2-n2c3ccccc3c3cc(-n4c5ccccc5c5ccccc54)ccc32)c(-n2c3ccccc3c3cc(C#N)ccc32)c1. The van der Waals surface area contributed by atoms with Gasteiger partial charge in [-0.05, 0) is 78.9 Å². The zero-order valence-electron chi connectivity index (χ0n) is 29.5. The van der Waals surface area contributed by atoms with Crippen LogP contribution in [0.5, 0.6) is 0 Å². The Bertz CT molecular complexity index is 3420. The Morgan fingerprint density at radius 2 is 0.727 bits per heavy atom. The van der Waals surface area contributed by atoms with Crippen LogP contribution in [-0.2, 0) is 0 Å². The van der Waals surface area contributed by atoms with Gasteiger partial charge < -0.3 is 13.7 Å². The third-order valence-electron chi connectivity index (χ3n) is 11.1. The number of rotatable bonds is 4. The largest absolute Gasteiger partial charge is 0.309 e. The molecule has 55 heavy (non-hydrogen) atoms. The van der Waals surface area contributed by atoms with E-state index in [2.05, 4.69) is 159 Å². The first-order valence-electron chi connectivity index (χ1n) is 18.3. The van der Waals surface area contributed by atoms with Crippen LogP contribution >= 0.6 is 0 Å². The van der Waals surface area contributed by atoms with Gasteiger partial charge in [0.25, 0.3) is 0 Å². The highest BCUT2D eigenvalue weighted by molar-refractivity contribution is 6.13. The first-order valence-corrected chi connectivity index (χ1v) is 18.3. The van der Waals surface area contributed by atoms with Gasteiger partial charge >= 0.3 is 0 Å². The van der Waals surface area contributed by atoms with Gasteiger partial charge in [-0.25, -0.2) is 0 Å². The van der Waals surface area contributed by atoms with Crippen molar-refractivity contribution in [3.05, 3.63) is 187 Å². The van der Waals surface area contributed by atoms with E-state index in [0.29, 0.717) is 11.1 Å². The van der Waals surface area contributed by atoms with Crippen molar-refractivity contribution in [3.8, 4) is 40.3 Å². The summed E-state index contributed by atoms with van der Waals surface area (Å²) in [5, 5.41) is 26.8. The fourth-order valence-electron chi connectivity index (χ4n) is 8.77. The molecule has 0 saturated heterocycles. The number of nitrogens with zero attached hydrogens (tertiary/aromatic N) is 5. The average molecular weight is 700 g/mol. The molecule has 0 aliphatic rings. The van der Waals surface area contributed by atoms with Crippen LogP contribution in [-0.4, -0.2) is 13.7 Å². The van der Waals surface area contributed by atoms with Gasteiger partial charge in [0.1, 0.15) is 0 Å². The molecule has 3 aromatic heterocycles. The standard InChI is InChI=1S/C50H29N5/c51-30-32-22-25-48-41(27-32)38-14-4-10-20-47(38)55(48)50-28-33(31-52)21-24-40(50)37-13-3-8-18-45(37)54-46-19-9-5-15-39(46)42-29-34(23-26-49(42)54)53-43-16-6-1-11-35(43)36-12-2-7-17-44(36)53/h1-29H.